The fourth-order valence-corrected chi connectivity index (χ4v) is 4.43. The van der Waals surface area contributed by atoms with E-state index in [2.05, 4.69) is 15.3 Å². The molecule has 3 heterocycles. The Balaban J connectivity index is 1.49. The summed E-state index contributed by atoms with van der Waals surface area (Å²) in [5.41, 5.74) is -1.58. The molecule has 6 nitrogen and oxygen atoms in total. The summed E-state index contributed by atoms with van der Waals surface area (Å²) in [6, 6.07) is 4.38. The van der Waals surface area contributed by atoms with Crippen LogP contribution in [-0.4, -0.2) is 40.2 Å². The van der Waals surface area contributed by atoms with Crippen molar-refractivity contribution in [1.29, 1.82) is 0 Å². The van der Waals surface area contributed by atoms with Crippen LogP contribution in [0, 0.1) is 5.82 Å². The topological polar surface area (TPSA) is 78.4 Å². The number of thiazole rings is 1. The third-order valence-electron chi connectivity index (χ3n) is 5.15. The molecular weight excluding hydrogens is 484 g/mol. The molecule has 0 unspecified atom stereocenters. The number of hydrogen-bond donors (Lipinski definition) is 2. The van der Waals surface area contributed by atoms with Crippen molar-refractivity contribution in [3.63, 3.8) is 0 Å². The third-order valence-corrected chi connectivity index (χ3v) is 6.19. The minimum absolute atomic E-state index is 0.0299. The standard InChI is InChI=1S/C21H17ClF4N4O2S/c22-15-8-11(9-27-18(15)30-6-4-12(31)5-7-30)19(32)29-20-28-16(10-33-20)13-2-1-3-14(17(13)23)21(24,25)26/h1-3,8-10,12,31H,4-7H2,(H,28,29,32). The minimum atomic E-state index is -4.83. The van der Waals surface area contributed by atoms with E-state index in [1.54, 1.807) is 0 Å². The van der Waals surface area contributed by atoms with Gasteiger partial charge in [0.2, 0.25) is 0 Å². The van der Waals surface area contributed by atoms with Gasteiger partial charge in [-0.2, -0.15) is 13.2 Å². The number of alkyl halides is 3. The van der Waals surface area contributed by atoms with E-state index >= 15 is 0 Å². The van der Waals surface area contributed by atoms with Crippen LogP contribution in [0.4, 0.5) is 28.5 Å². The van der Waals surface area contributed by atoms with Gasteiger partial charge in [0.05, 0.1) is 27.9 Å². The molecule has 0 radical (unpaired) electrons. The molecule has 1 aliphatic rings. The van der Waals surface area contributed by atoms with Gasteiger partial charge in [0.15, 0.2) is 5.13 Å². The van der Waals surface area contributed by atoms with Crippen molar-refractivity contribution in [2.75, 3.05) is 23.3 Å². The molecule has 12 heteroatoms. The summed E-state index contributed by atoms with van der Waals surface area (Å²) >= 11 is 7.25. The largest absolute Gasteiger partial charge is 0.419 e. The maximum atomic E-state index is 14.4. The van der Waals surface area contributed by atoms with Crippen LogP contribution in [0.15, 0.2) is 35.8 Å². The predicted molar refractivity (Wildman–Crippen MR) is 117 cm³/mol. The number of nitrogens with zero attached hydrogens (tertiary/aromatic N) is 3. The number of halogens is 5. The van der Waals surface area contributed by atoms with Gasteiger partial charge in [-0.3, -0.25) is 10.1 Å². The summed E-state index contributed by atoms with van der Waals surface area (Å²) in [6.07, 6.45) is -2.64. The zero-order chi connectivity index (χ0) is 23.8. The molecule has 0 aliphatic carbocycles. The van der Waals surface area contributed by atoms with E-state index in [0.717, 1.165) is 17.4 Å². The van der Waals surface area contributed by atoms with Crippen molar-refractivity contribution in [2.24, 2.45) is 0 Å². The average molecular weight is 501 g/mol. The van der Waals surface area contributed by atoms with E-state index in [9.17, 15) is 27.5 Å². The van der Waals surface area contributed by atoms with Gasteiger partial charge >= 0.3 is 6.18 Å². The van der Waals surface area contributed by atoms with Crippen molar-refractivity contribution in [3.05, 3.63) is 57.8 Å². The van der Waals surface area contributed by atoms with Gasteiger partial charge in [-0.1, -0.05) is 17.7 Å². The van der Waals surface area contributed by atoms with Crippen LogP contribution in [0.1, 0.15) is 28.8 Å². The van der Waals surface area contributed by atoms with Crippen LogP contribution in [-0.2, 0) is 6.18 Å². The summed E-state index contributed by atoms with van der Waals surface area (Å²) in [6.45, 7) is 1.18. The normalized spacial score (nSPS) is 15.0. The number of hydrogen-bond acceptors (Lipinski definition) is 6. The molecular formula is C21H17ClF4N4O2S. The van der Waals surface area contributed by atoms with E-state index in [0.29, 0.717) is 37.8 Å². The maximum absolute atomic E-state index is 14.4. The molecule has 2 aromatic heterocycles. The number of rotatable bonds is 4. The first-order valence-electron chi connectivity index (χ1n) is 9.85. The molecule has 1 amide bonds. The van der Waals surface area contributed by atoms with Crippen LogP contribution in [0.25, 0.3) is 11.3 Å². The van der Waals surface area contributed by atoms with Gasteiger partial charge in [-0.05, 0) is 31.0 Å². The van der Waals surface area contributed by atoms with Gasteiger partial charge in [-0.15, -0.1) is 11.3 Å². The number of pyridine rings is 1. The Morgan fingerprint density at radius 1 is 1.27 bits per heavy atom. The summed E-state index contributed by atoms with van der Waals surface area (Å²) < 4.78 is 53.2. The number of aliphatic hydroxyl groups excluding tert-OH is 1. The number of piperidine rings is 1. The lowest BCUT2D eigenvalue weighted by molar-refractivity contribution is -0.139. The molecule has 0 bridgehead atoms. The van der Waals surface area contributed by atoms with E-state index in [4.69, 9.17) is 11.6 Å². The lowest BCUT2D eigenvalue weighted by Gasteiger charge is -2.31. The molecule has 2 N–H and O–H groups in total. The Bertz CT molecular complexity index is 1180. The van der Waals surface area contributed by atoms with E-state index in [1.165, 1.54) is 23.7 Å². The summed E-state index contributed by atoms with van der Waals surface area (Å²) in [5, 5.41) is 13.9. The number of anilines is 2. The highest BCUT2D eigenvalue weighted by atomic mass is 35.5. The van der Waals surface area contributed by atoms with Crippen molar-refractivity contribution < 1.29 is 27.5 Å². The molecule has 0 saturated carbocycles. The zero-order valence-electron chi connectivity index (χ0n) is 16.9. The van der Waals surface area contributed by atoms with Gasteiger partial charge in [0.25, 0.3) is 5.91 Å². The third kappa shape index (κ3) is 5.10. The average Bonchev–Trinajstić information content (AvgIpc) is 3.22. The number of carbonyl (C=O) groups excluding carboxylic acids is 1. The molecule has 1 aromatic carbocycles. The highest BCUT2D eigenvalue weighted by Crippen LogP contribution is 2.36. The number of aromatic nitrogens is 2. The number of aliphatic hydroxyl groups is 1. The highest BCUT2D eigenvalue weighted by molar-refractivity contribution is 7.14. The number of amides is 1. The second kappa shape index (κ2) is 9.24. The van der Waals surface area contributed by atoms with Crippen molar-refractivity contribution >= 4 is 39.8 Å². The van der Waals surface area contributed by atoms with E-state index in [1.807, 2.05) is 4.90 Å². The molecule has 33 heavy (non-hydrogen) atoms. The number of nitrogens with one attached hydrogen (secondary N) is 1. The highest BCUT2D eigenvalue weighted by Gasteiger charge is 2.35. The van der Waals surface area contributed by atoms with Gasteiger partial charge in [0, 0.05) is 30.2 Å². The summed E-state index contributed by atoms with van der Waals surface area (Å²) in [5.74, 6) is -1.49. The van der Waals surface area contributed by atoms with Crippen molar-refractivity contribution in [2.45, 2.75) is 25.1 Å². The first kappa shape index (κ1) is 23.4. The summed E-state index contributed by atoms with van der Waals surface area (Å²) in [7, 11) is 0. The van der Waals surface area contributed by atoms with Crippen LogP contribution in [0.5, 0.6) is 0 Å². The molecule has 4 rings (SSSR count). The minimum Gasteiger partial charge on any atom is -0.393 e. The first-order valence-corrected chi connectivity index (χ1v) is 11.1. The van der Waals surface area contributed by atoms with Crippen LogP contribution >= 0.6 is 22.9 Å². The molecule has 0 spiro atoms. The Morgan fingerprint density at radius 3 is 2.67 bits per heavy atom. The van der Waals surface area contributed by atoms with Crippen molar-refractivity contribution in [3.8, 4) is 11.3 Å². The maximum Gasteiger partial charge on any atom is 0.419 e. The van der Waals surface area contributed by atoms with Gasteiger partial charge in [0.1, 0.15) is 11.6 Å². The molecule has 1 saturated heterocycles. The monoisotopic (exact) mass is 500 g/mol. The second-order valence-corrected chi connectivity index (χ2v) is 8.67. The van der Waals surface area contributed by atoms with Crippen molar-refractivity contribution in [1.82, 2.24) is 9.97 Å². The number of benzene rings is 1. The Morgan fingerprint density at radius 2 is 2.00 bits per heavy atom. The van der Waals surface area contributed by atoms with Crippen LogP contribution < -0.4 is 10.2 Å². The zero-order valence-corrected chi connectivity index (χ0v) is 18.4. The summed E-state index contributed by atoms with van der Waals surface area (Å²) in [4.78, 5) is 22.8. The molecule has 1 aliphatic heterocycles. The molecule has 3 aromatic rings. The molecule has 0 atom stereocenters. The van der Waals surface area contributed by atoms with Gasteiger partial charge < -0.3 is 10.0 Å². The second-order valence-electron chi connectivity index (χ2n) is 7.40. The predicted octanol–water partition coefficient (Wildman–Crippen LogP) is 5.23. The number of carbonyl (C=O) groups is 1. The smallest absolute Gasteiger partial charge is 0.393 e. The molecule has 1 fully saturated rings. The van der Waals surface area contributed by atoms with Gasteiger partial charge in [-0.25, -0.2) is 14.4 Å². The van der Waals surface area contributed by atoms with E-state index in [-0.39, 0.29) is 33.1 Å². The van der Waals surface area contributed by atoms with Crippen LogP contribution in [0.3, 0.4) is 0 Å². The van der Waals surface area contributed by atoms with Crippen LogP contribution in [0.2, 0.25) is 5.02 Å². The van der Waals surface area contributed by atoms with E-state index < -0.39 is 23.5 Å². The quantitative estimate of drug-likeness (QED) is 0.480. The SMILES string of the molecule is O=C(Nc1nc(-c2cccc(C(F)(F)F)c2F)cs1)c1cnc(N2CCC(O)CC2)c(Cl)c1. The lowest BCUT2D eigenvalue weighted by atomic mass is 10.1. The fourth-order valence-electron chi connectivity index (χ4n) is 3.44. The Labute approximate surface area is 194 Å². The molecule has 174 valence electrons. The fraction of sp³-hybridized carbons (Fsp3) is 0.286. The Kier molecular flexibility index (Phi) is 6.55. The lowest BCUT2D eigenvalue weighted by Crippen LogP contribution is -2.36. The Hall–Kier alpha value is -2.76. The first-order chi connectivity index (χ1) is 15.6.